The van der Waals surface area contributed by atoms with Crippen LogP contribution < -0.4 is 5.43 Å². The van der Waals surface area contributed by atoms with Crippen LogP contribution in [0.5, 0.6) is 0 Å². The first-order chi connectivity index (χ1) is 11.3. The molecular weight excluding hydrogens is 319 g/mol. The van der Waals surface area contributed by atoms with E-state index in [4.69, 9.17) is 0 Å². The number of benzene rings is 2. The molecule has 0 atom stereocenters. The van der Waals surface area contributed by atoms with E-state index >= 15 is 0 Å². The average Bonchev–Trinajstić information content (AvgIpc) is 2.53. The topological polar surface area (TPSA) is 49.9 Å². The second-order valence-corrected chi connectivity index (χ2v) is 5.44. The number of aromatic nitrogens is 1. The van der Waals surface area contributed by atoms with Crippen LogP contribution in [0.4, 0.5) is 13.2 Å². The Morgan fingerprint density at radius 2 is 1.79 bits per heavy atom. The summed E-state index contributed by atoms with van der Waals surface area (Å²) in [4.78, 5) is 26.6. The zero-order valence-corrected chi connectivity index (χ0v) is 12.6. The van der Waals surface area contributed by atoms with Gasteiger partial charge >= 0.3 is 6.18 Å². The van der Waals surface area contributed by atoms with Gasteiger partial charge in [-0.1, -0.05) is 12.1 Å². The largest absolute Gasteiger partial charge is 0.416 e. The van der Waals surface area contributed by atoms with Gasteiger partial charge in [0.1, 0.15) is 0 Å². The molecule has 0 bridgehead atoms. The number of fused-ring (bicyclic) bond motifs is 1. The Morgan fingerprint density at radius 3 is 2.46 bits per heavy atom. The van der Waals surface area contributed by atoms with E-state index in [0.717, 1.165) is 12.1 Å². The average molecular weight is 331 g/mol. The van der Waals surface area contributed by atoms with Gasteiger partial charge in [0.05, 0.1) is 5.56 Å². The Morgan fingerprint density at radius 1 is 1.04 bits per heavy atom. The predicted molar refractivity (Wildman–Crippen MR) is 85.0 cm³/mol. The molecule has 1 heterocycles. The number of aromatic amines is 1. The molecule has 3 rings (SSSR count). The van der Waals surface area contributed by atoms with Crippen molar-refractivity contribution in [3.8, 4) is 11.3 Å². The summed E-state index contributed by atoms with van der Waals surface area (Å²) in [5, 5.41) is 0.318. The van der Waals surface area contributed by atoms with Crippen LogP contribution in [0.25, 0.3) is 22.2 Å². The lowest BCUT2D eigenvalue weighted by molar-refractivity contribution is -0.137. The minimum Gasteiger partial charge on any atom is -0.354 e. The summed E-state index contributed by atoms with van der Waals surface area (Å²) >= 11 is 0. The Balaban J connectivity index is 2.17. The molecule has 0 fully saturated rings. The Labute approximate surface area is 134 Å². The highest BCUT2D eigenvalue weighted by atomic mass is 19.4. The lowest BCUT2D eigenvalue weighted by atomic mass is 10.0. The molecule has 122 valence electrons. The molecule has 1 aromatic heterocycles. The summed E-state index contributed by atoms with van der Waals surface area (Å²) in [6.07, 6.45) is -4.45. The van der Waals surface area contributed by atoms with Crippen molar-refractivity contribution in [2.75, 3.05) is 0 Å². The first kappa shape index (κ1) is 16.0. The van der Waals surface area contributed by atoms with E-state index < -0.39 is 11.7 Å². The van der Waals surface area contributed by atoms with Crippen molar-refractivity contribution >= 4 is 16.7 Å². The second-order valence-electron chi connectivity index (χ2n) is 5.44. The van der Waals surface area contributed by atoms with Crippen LogP contribution in [0.3, 0.4) is 0 Å². The van der Waals surface area contributed by atoms with E-state index in [2.05, 4.69) is 4.98 Å². The van der Waals surface area contributed by atoms with Gasteiger partial charge in [-0.15, -0.1) is 0 Å². The summed E-state index contributed by atoms with van der Waals surface area (Å²) in [5.74, 6) is -0.168. The highest BCUT2D eigenvalue weighted by Crippen LogP contribution is 2.31. The van der Waals surface area contributed by atoms with Gasteiger partial charge in [0.15, 0.2) is 11.2 Å². The van der Waals surface area contributed by atoms with Crippen LogP contribution in [0.15, 0.2) is 53.3 Å². The molecule has 0 spiro atoms. The van der Waals surface area contributed by atoms with Crippen LogP contribution in [-0.2, 0) is 6.18 Å². The third-order valence-corrected chi connectivity index (χ3v) is 3.74. The Hall–Kier alpha value is -2.89. The maximum absolute atomic E-state index is 12.8. The second kappa shape index (κ2) is 5.63. The number of alkyl halides is 3. The third-order valence-electron chi connectivity index (χ3n) is 3.74. The molecule has 0 saturated heterocycles. The molecule has 1 N–H and O–H groups in total. The quantitative estimate of drug-likeness (QED) is 0.707. The van der Waals surface area contributed by atoms with Gasteiger partial charge in [0.2, 0.25) is 0 Å². The fourth-order valence-corrected chi connectivity index (χ4v) is 2.48. The summed E-state index contributed by atoms with van der Waals surface area (Å²) < 4.78 is 38.5. The number of hydrogen-bond acceptors (Lipinski definition) is 2. The first-order valence-corrected chi connectivity index (χ1v) is 7.11. The zero-order chi connectivity index (χ0) is 17.5. The van der Waals surface area contributed by atoms with Crippen LogP contribution >= 0.6 is 0 Å². The zero-order valence-electron chi connectivity index (χ0n) is 12.6. The van der Waals surface area contributed by atoms with Crippen molar-refractivity contribution in [3.05, 3.63) is 69.9 Å². The van der Waals surface area contributed by atoms with Crippen molar-refractivity contribution in [2.45, 2.75) is 13.1 Å². The van der Waals surface area contributed by atoms with Crippen molar-refractivity contribution in [1.82, 2.24) is 4.98 Å². The summed E-state index contributed by atoms with van der Waals surface area (Å²) in [7, 11) is 0. The number of carbonyl (C=O) groups is 1. The molecule has 0 saturated carbocycles. The van der Waals surface area contributed by atoms with E-state index in [1.807, 2.05) is 0 Å². The molecule has 0 aliphatic rings. The van der Waals surface area contributed by atoms with E-state index in [1.54, 1.807) is 12.1 Å². The Kier molecular flexibility index (Phi) is 3.75. The van der Waals surface area contributed by atoms with Crippen molar-refractivity contribution < 1.29 is 18.0 Å². The number of hydrogen-bond donors (Lipinski definition) is 1. The van der Waals surface area contributed by atoms with Crippen molar-refractivity contribution in [3.63, 3.8) is 0 Å². The number of ketones is 1. The minimum atomic E-state index is -4.45. The number of pyridine rings is 1. The molecule has 6 heteroatoms. The van der Waals surface area contributed by atoms with Crippen molar-refractivity contribution in [2.24, 2.45) is 0 Å². The highest BCUT2D eigenvalue weighted by molar-refractivity contribution is 5.98. The van der Waals surface area contributed by atoms with Gasteiger partial charge in [-0.3, -0.25) is 9.59 Å². The summed E-state index contributed by atoms with van der Waals surface area (Å²) in [5.41, 5.74) is 0.264. The van der Waals surface area contributed by atoms with Gasteiger partial charge < -0.3 is 4.98 Å². The number of nitrogens with one attached hydrogen (secondary N) is 1. The van der Waals surface area contributed by atoms with E-state index in [1.165, 1.54) is 31.2 Å². The molecule has 0 radical (unpaired) electrons. The molecule has 3 nitrogen and oxygen atoms in total. The maximum Gasteiger partial charge on any atom is 0.416 e. The molecule has 0 aliphatic heterocycles. The van der Waals surface area contributed by atoms with Gasteiger partial charge in [-0.2, -0.15) is 13.2 Å². The Bertz CT molecular complexity index is 1000. The fourth-order valence-electron chi connectivity index (χ4n) is 2.48. The van der Waals surface area contributed by atoms with Gasteiger partial charge in [-0.25, -0.2) is 0 Å². The highest BCUT2D eigenvalue weighted by Gasteiger charge is 2.30. The molecule has 0 amide bonds. The number of Topliss-reactive ketones (excluding diaryl/α,β-unsaturated/α-hetero) is 1. The van der Waals surface area contributed by atoms with Gasteiger partial charge in [0.25, 0.3) is 0 Å². The van der Waals surface area contributed by atoms with Crippen LogP contribution in [0.1, 0.15) is 22.8 Å². The van der Waals surface area contributed by atoms with Crippen LogP contribution in [0.2, 0.25) is 0 Å². The van der Waals surface area contributed by atoms with Gasteiger partial charge in [-0.05, 0) is 42.8 Å². The summed E-state index contributed by atoms with van der Waals surface area (Å²) in [6, 6.07) is 10.6. The van der Waals surface area contributed by atoms with Gasteiger partial charge in [0, 0.05) is 28.2 Å². The van der Waals surface area contributed by atoms with Crippen LogP contribution in [0, 0.1) is 0 Å². The molecule has 0 unspecified atom stereocenters. The monoisotopic (exact) mass is 331 g/mol. The van der Waals surface area contributed by atoms with E-state index in [-0.39, 0.29) is 22.5 Å². The fraction of sp³-hybridized carbons (Fsp3) is 0.111. The molecule has 0 aliphatic carbocycles. The number of H-pyrrole nitrogens is 1. The number of carbonyl (C=O) groups excluding carboxylic acids is 1. The SMILES string of the molecule is CC(=O)c1ccc2[nH]c(-c3cccc(C(F)(F)F)c3)cc(=O)c2c1. The first-order valence-electron chi connectivity index (χ1n) is 7.11. The predicted octanol–water partition coefficient (Wildman–Crippen LogP) is 4.42. The minimum absolute atomic E-state index is 0.168. The summed E-state index contributed by atoms with van der Waals surface area (Å²) in [6.45, 7) is 1.40. The molecule has 3 aromatic rings. The molecule has 24 heavy (non-hydrogen) atoms. The lowest BCUT2D eigenvalue weighted by Gasteiger charge is -2.10. The van der Waals surface area contributed by atoms with E-state index in [9.17, 15) is 22.8 Å². The molecular formula is C18H12F3NO2. The number of halogens is 3. The normalized spacial score (nSPS) is 11.7. The lowest BCUT2D eigenvalue weighted by Crippen LogP contribution is -2.06. The standard InChI is InChI=1S/C18H12F3NO2/c1-10(23)11-5-6-15-14(8-11)17(24)9-16(22-15)12-3-2-4-13(7-12)18(19,20)21/h2-9H,1H3,(H,22,24). The van der Waals surface area contributed by atoms with Crippen LogP contribution in [-0.4, -0.2) is 10.8 Å². The third kappa shape index (κ3) is 2.95. The smallest absolute Gasteiger partial charge is 0.354 e. The van der Waals surface area contributed by atoms with Crippen molar-refractivity contribution in [1.29, 1.82) is 0 Å². The maximum atomic E-state index is 12.8. The number of rotatable bonds is 2. The molecule has 2 aromatic carbocycles. The van der Waals surface area contributed by atoms with E-state index in [0.29, 0.717) is 16.5 Å².